The quantitative estimate of drug-likeness (QED) is 0.622. The lowest BCUT2D eigenvalue weighted by atomic mass is 10.0. The van der Waals surface area contributed by atoms with Crippen molar-refractivity contribution in [1.82, 2.24) is 14.5 Å². The van der Waals surface area contributed by atoms with E-state index in [-0.39, 0.29) is 6.04 Å². The first kappa shape index (κ1) is 15.4. The third kappa shape index (κ3) is 2.86. The van der Waals surface area contributed by atoms with Crippen LogP contribution in [0.15, 0.2) is 73.2 Å². The summed E-state index contributed by atoms with van der Waals surface area (Å²) in [5.74, 6) is 0.830. The molecule has 0 bridgehead atoms. The van der Waals surface area contributed by atoms with Gasteiger partial charge in [0.05, 0.1) is 29.9 Å². The van der Waals surface area contributed by atoms with Crippen LogP contribution in [0, 0.1) is 0 Å². The van der Waals surface area contributed by atoms with Gasteiger partial charge in [-0.25, -0.2) is 4.98 Å². The molecule has 2 aromatic heterocycles. The minimum Gasteiger partial charge on any atom is -0.497 e. The molecule has 0 aliphatic carbocycles. The van der Waals surface area contributed by atoms with E-state index >= 15 is 0 Å². The molecule has 0 aliphatic rings. The minimum absolute atomic E-state index is 0.267. The SMILES string of the molecule is COc1ccc(-n2cnc3cc(C(N)c4ccccn4)ccc32)cc1. The van der Waals surface area contributed by atoms with E-state index in [4.69, 9.17) is 10.5 Å². The number of hydrogen-bond acceptors (Lipinski definition) is 4. The number of methoxy groups -OCH3 is 1. The van der Waals surface area contributed by atoms with E-state index in [1.54, 1.807) is 13.3 Å². The maximum absolute atomic E-state index is 6.35. The summed E-state index contributed by atoms with van der Waals surface area (Å²) >= 11 is 0. The topological polar surface area (TPSA) is 66.0 Å². The normalized spacial score (nSPS) is 12.2. The number of hydrogen-bond donors (Lipinski definition) is 1. The summed E-state index contributed by atoms with van der Waals surface area (Å²) in [6.45, 7) is 0. The van der Waals surface area contributed by atoms with Crippen LogP contribution in [0.3, 0.4) is 0 Å². The Labute approximate surface area is 145 Å². The molecule has 1 unspecified atom stereocenters. The molecular formula is C20H18N4O. The Bertz CT molecular complexity index is 993. The summed E-state index contributed by atoms with van der Waals surface area (Å²) < 4.78 is 7.26. The van der Waals surface area contributed by atoms with Crippen molar-refractivity contribution >= 4 is 11.0 Å². The molecule has 0 saturated heterocycles. The van der Waals surface area contributed by atoms with E-state index in [9.17, 15) is 0 Å². The largest absolute Gasteiger partial charge is 0.497 e. The fraction of sp³-hybridized carbons (Fsp3) is 0.100. The molecule has 2 N–H and O–H groups in total. The highest BCUT2D eigenvalue weighted by Crippen LogP contribution is 2.25. The zero-order valence-corrected chi connectivity index (χ0v) is 13.8. The molecule has 0 fully saturated rings. The van der Waals surface area contributed by atoms with Crippen molar-refractivity contribution in [3.8, 4) is 11.4 Å². The lowest BCUT2D eigenvalue weighted by Crippen LogP contribution is -2.13. The number of pyridine rings is 1. The molecule has 0 amide bonds. The van der Waals surface area contributed by atoms with E-state index in [2.05, 4.69) is 9.97 Å². The molecule has 0 radical (unpaired) electrons. The summed E-state index contributed by atoms with van der Waals surface area (Å²) in [4.78, 5) is 8.87. The van der Waals surface area contributed by atoms with Crippen LogP contribution >= 0.6 is 0 Å². The zero-order chi connectivity index (χ0) is 17.2. The van der Waals surface area contributed by atoms with Crippen LogP contribution in [-0.4, -0.2) is 21.6 Å². The van der Waals surface area contributed by atoms with Crippen LogP contribution in [0.25, 0.3) is 16.7 Å². The Balaban J connectivity index is 1.71. The molecule has 0 aliphatic heterocycles. The Morgan fingerprint density at radius 2 is 1.84 bits per heavy atom. The molecule has 5 nitrogen and oxygen atoms in total. The molecule has 25 heavy (non-hydrogen) atoms. The fourth-order valence-electron chi connectivity index (χ4n) is 2.90. The number of imidazole rings is 1. The Kier molecular flexibility index (Phi) is 3.91. The van der Waals surface area contributed by atoms with Gasteiger partial charge in [0.25, 0.3) is 0 Å². The lowest BCUT2D eigenvalue weighted by molar-refractivity contribution is 0.415. The summed E-state index contributed by atoms with van der Waals surface area (Å²) in [6.07, 6.45) is 3.58. The number of ether oxygens (including phenoxy) is 1. The van der Waals surface area contributed by atoms with E-state index in [1.807, 2.05) is 71.6 Å². The molecule has 2 heterocycles. The van der Waals surface area contributed by atoms with Crippen molar-refractivity contribution in [2.24, 2.45) is 5.73 Å². The van der Waals surface area contributed by atoms with Gasteiger partial charge in [0.15, 0.2) is 0 Å². The van der Waals surface area contributed by atoms with Crippen LogP contribution in [0.4, 0.5) is 0 Å². The smallest absolute Gasteiger partial charge is 0.119 e. The van der Waals surface area contributed by atoms with Crippen LogP contribution in [0.5, 0.6) is 5.75 Å². The van der Waals surface area contributed by atoms with Gasteiger partial charge >= 0.3 is 0 Å². The highest BCUT2D eigenvalue weighted by Gasteiger charge is 2.12. The second kappa shape index (κ2) is 6.37. The molecule has 0 spiro atoms. The molecule has 4 rings (SSSR count). The van der Waals surface area contributed by atoms with Crippen molar-refractivity contribution in [2.75, 3.05) is 7.11 Å². The van der Waals surface area contributed by atoms with E-state index in [0.29, 0.717) is 0 Å². The number of rotatable bonds is 4. The first-order chi connectivity index (χ1) is 12.3. The van der Waals surface area contributed by atoms with Crippen molar-refractivity contribution in [2.45, 2.75) is 6.04 Å². The van der Waals surface area contributed by atoms with Crippen LogP contribution < -0.4 is 10.5 Å². The van der Waals surface area contributed by atoms with E-state index in [1.165, 1.54) is 0 Å². The second-order valence-electron chi connectivity index (χ2n) is 5.79. The summed E-state index contributed by atoms with van der Waals surface area (Å²) in [7, 11) is 1.66. The standard InChI is InChI=1S/C20H18N4O/c1-25-16-8-6-15(7-9-16)24-13-23-18-12-14(5-10-19(18)24)20(21)17-4-2-3-11-22-17/h2-13,20H,21H2,1H3. The van der Waals surface area contributed by atoms with Gasteiger partial charge in [-0.3, -0.25) is 9.55 Å². The van der Waals surface area contributed by atoms with E-state index < -0.39 is 0 Å². The minimum atomic E-state index is -0.267. The summed E-state index contributed by atoms with van der Waals surface area (Å²) in [6, 6.07) is 19.5. The number of benzene rings is 2. The van der Waals surface area contributed by atoms with Crippen LogP contribution in [0.2, 0.25) is 0 Å². The summed E-state index contributed by atoms with van der Waals surface area (Å²) in [5.41, 5.74) is 11.1. The third-order valence-corrected chi connectivity index (χ3v) is 4.29. The monoisotopic (exact) mass is 330 g/mol. The highest BCUT2D eigenvalue weighted by atomic mass is 16.5. The van der Waals surface area contributed by atoms with Gasteiger partial charge in [0.2, 0.25) is 0 Å². The van der Waals surface area contributed by atoms with Gasteiger partial charge in [-0.15, -0.1) is 0 Å². The van der Waals surface area contributed by atoms with Crippen molar-refractivity contribution < 1.29 is 4.74 Å². The van der Waals surface area contributed by atoms with Gasteiger partial charge < -0.3 is 10.5 Å². The Hall–Kier alpha value is -3.18. The average molecular weight is 330 g/mol. The maximum atomic E-state index is 6.35. The molecule has 5 heteroatoms. The Morgan fingerprint density at radius 3 is 2.56 bits per heavy atom. The predicted octanol–water partition coefficient (Wildman–Crippen LogP) is 3.48. The molecule has 124 valence electrons. The molecule has 1 atom stereocenters. The number of nitrogens with zero attached hydrogens (tertiary/aromatic N) is 3. The molecule has 2 aromatic carbocycles. The van der Waals surface area contributed by atoms with Crippen molar-refractivity contribution in [3.63, 3.8) is 0 Å². The number of fused-ring (bicyclic) bond motifs is 1. The van der Waals surface area contributed by atoms with Crippen LogP contribution in [0.1, 0.15) is 17.3 Å². The molecule has 0 saturated carbocycles. The van der Waals surface area contributed by atoms with Crippen molar-refractivity contribution in [1.29, 1.82) is 0 Å². The first-order valence-electron chi connectivity index (χ1n) is 8.04. The van der Waals surface area contributed by atoms with Gasteiger partial charge in [-0.1, -0.05) is 12.1 Å². The van der Waals surface area contributed by atoms with Gasteiger partial charge in [0.1, 0.15) is 12.1 Å². The highest BCUT2D eigenvalue weighted by molar-refractivity contribution is 5.78. The maximum Gasteiger partial charge on any atom is 0.119 e. The third-order valence-electron chi connectivity index (χ3n) is 4.29. The number of aromatic nitrogens is 3. The van der Waals surface area contributed by atoms with Crippen LogP contribution in [-0.2, 0) is 0 Å². The molecular weight excluding hydrogens is 312 g/mol. The fourth-order valence-corrected chi connectivity index (χ4v) is 2.90. The second-order valence-corrected chi connectivity index (χ2v) is 5.79. The number of nitrogens with two attached hydrogens (primary N) is 1. The lowest BCUT2D eigenvalue weighted by Gasteiger charge is -2.12. The zero-order valence-electron chi connectivity index (χ0n) is 13.8. The first-order valence-corrected chi connectivity index (χ1v) is 8.04. The molecule has 4 aromatic rings. The Morgan fingerprint density at radius 1 is 1.00 bits per heavy atom. The van der Waals surface area contributed by atoms with Gasteiger partial charge in [0, 0.05) is 11.9 Å². The van der Waals surface area contributed by atoms with Gasteiger partial charge in [-0.05, 0) is 54.1 Å². The van der Waals surface area contributed by atoms with Gasteiger partial charge in [-0.2, -0.15) is 0 Å². The van der Waals surface area contributed by atoms with Crippen molar-refractivity contribution in [3.05, 3.63) is 84.4 Å². The average Bonchev–Trinajstić information content (AvgIpc) is 3.11. The van der Waals surface area contributed by atoms with E-state index in [0.717, 1.165) is 33.7 Å². The predicted molar refractivity (Wildman–Crippen MR) is 97.9 cm³/mol. The summed E-state index contributed by atoms with van der Waals surface area (Å²) in [5, 5.41) is 0.